The van der Waals surface area contributed by atoms with Crippen molar-refractivity contribution in [3.05, 3.63) is 29.8 Å². The Bertz CT molecular complexity index is 869. The molecule has 33 heavy (non-hydrogen) atoms. The van der Waals surface area contributed by atoms with Gasteiger partial charge in [-0.05, 0) is 57.9 Å². The van der Waals surface area contributed by atoms with E-state index in [1.807, 2.05) is 0 Å². The van der Waals surface area contributed by atoms with Gasteiger partial charge in [-0.1, -0.05) is 44.9 Å². The lowest BCUT2D eigenvalue weighted by Crippen LogP contribution is -2.44. The molecule has 0 spiro atoms. The number of ether oxygens (including phenoxy) is 1. The summed E-state index contributed by atoms with van der Waals surface area (Å²) in [7, 11) is -3.81. The van der Waals surface area contributed by atoms with E-state index < -0.39 is 32.9 Å². The van der Waals surface area contributed by atoms with Crippen molar-refractivity contribution < 1.29 is 22.7 Å². The molecule has 2 rings (SSSR count). The predicted molar refractivity (Wildman–Crippen MR) is 135 cm³/mol. The van der Waals surface area contributed by atoms with Crippen molar-refractivity contribution in [1.29, 1.82) is 0 Å². The third-order valence-electron chi connectivity index (χ3n) is 5.59. The molecule has 0 radical (unpaired) electrons. The number of anilines is 1. The number of nitrogens with zero attached hydrogens (tertiary/aromatic N) is 1. The summed E-state index contributed by atoms with van der Waals surface area (Å²) in [6.07, 6.45) is 7.81. The molecule has 2 amide bonds. The fourth-order valence-corrected chi connectivity index (χ4v) is 6.25. The zero-order valence-electron chi connectivity index (χ0n) is 20.0. The third-order valence-corrected chi connectivity index (χ3v) is 8.06. The van der Waals surface area contributed by atoms with E-state index in [-0.39, 0.29) is 17.9 Å². The van der Waals surface area contributed by atoms with Crippen molar-refractivity contribution in [2.24, 2.45) is 0 Å². The van der Waals surface area contributed by atoms with Crippen molar-refractivity contribution in [3.8, 4) is 0 Å². The van der Waals surface area contributed by atoms with Crippen LogP contribution in [0.5, 0.6) is 0 Å². The molecule has 1 aliphatic rings. The summed E-state index contributed by atoms with van der Waals surface area (Å²) in [5.74, 6) is -0.319. The van der Waals surface area contributed by atoms with Gasteiger partial charge in [0.05, 0.1) is 5.25 Å². The highest BCUT2D eigenvalue weighted by molar-refractivity contribution is 7.90. The fraction of sp³-hybridized carbons (Fsp3) is 0.667. The van der Waals surface area contributed by atoms with Crippen LogP contribution in [0.3, 0.4) is 0 Å². The molecule has 0 atom stereocenters. The second-order valence-corrected chi connectivity index (χ2v) is 12.1. The number of hydrogen-bond donors (Lipinski definition) is 2. The van der Waals surface area contributed by atoms with Gasteiger partial charge in [0.15, 0.2) is 0 Å². The molecule has 1 aromatic rings. The molecule has 1 aromatic carbocycles. The minimum Gasteiger partial charge on any atom is -0.444 e. The van der Waals surface area contributed by atoms with Gasteiger partial charge in [-0.15, -0.1) is 0 Å². The summed E-state index contributed by atoms with van der Waals surface area (Å²) in [4.78, 5) is 25.2. The van der Waals surface area contributed by atoms with E-state index in [4.69, 9.17) is 4.74 Å². The summed E-state index contributed by atoms with van der Waals surface area (Å²) < 4.78 is 33.2. The van der Waals surface area contributed by atoms with Crippen LogP contribution in [0.4, 0.5) is 10.5 Å². The first-order chi connectivity index (χ1) is 15.5. The van der Waals surface area contributed by atoms with Crippen LogP contribution >= 0.6 is 12.6 Å². The highest BCUT2D eigenvalue weighted by Crippen LogP contribution is 2.26. The number of carbonyl (C=O) groups is 2. The van der Waals surface area contributed by atoms with Gasteiger partial charge in [0, 0.05) is 23.5 Å². The Morgan fingerprint density at radius 2 is 1.52 bits per heavy atom. The van der Waals surface area contributed by atoms with E-state index in [1.165, 1.54) is 18.6 Å². The van der Waals surface area contributed by atoms with Crippen LogP contribution in [0, 0.1) is 0 Å². The molecular formula is C24H38N2O5S2. The summed E-state index contributed by atoms with van der Waals surface area (Å²) in [6, 6.07) is 6.16. The summed E-state index contributed by atoms with van der Waals surface area (Å²) >= 11 is 4.20. The lowest BCUT2D eigenvalue weighted by atomic mass is 10.0. The predicted octanol–water partition coefficient (Wildman–Crippen LogP) is 5.63. The molecule has 1 fully saturated rings. The topological polar surface area (TPSA) is 92.8 Å². The van der Waals surface area contributed by atoms with E-state index in [9.17, 15) is 18.0 Å². The Hall–Kier alpha value is -1.74. The minimum atomic E-state index is -3.81. The Balaban J connectivity index is 2.16. The van der Waals surface area contributed by atoms with Gasteiger partial charge in [0.1, 0.15) is 5.60 Å². The van der Waals surface area contributed by atoms with Crippen LogP contribution in [0.15, 0.2) is 24.3 Å². The first-order valence-electron chi connectivity index (χ1n) is 11.8. The number of hydrogen-bond acceptors (Lipinski definition) is 6. The maximum Gasteiger partial charge on any atom is 0.412 e. The van der Waals surface area contributed by atoms with Crippen LogP contribution in [0.2, 0.25) is 0 Å². The Morgan fingerprint density at radius 3 is 2.00 bits per heavy atom. The number of nitrogens with one attached hydrogen (secondary N) is 1. The van der Waals surface area contributed by atoms with Crippen molar-refractivity contribution in [2.75, 3.05) is 17.6 Å². The standard InChI is InChI=1S/C24H38N2O5S2/c1-24(2,3)31-23(28)25-20-15-13-19(14-16-20)22(27)26(17-18-32)33(29,30)21-11-9-7-5-4-6-8-10-12-21/h13-16,21,32H,4-12,17-18H2,1-3H3,(H,25,28). The molecule has 1 N–H and O–H groups in total. The van der Waals surface area contributed by atoms with Crippen molar-refractivity contribution in [3.63, 3.8) is 0 Å². The van der Waals surface area contributed by atoms with Crippen molar-refractivity contribution >= 4 is 40.3 Å². The fourth-order valence-electron chi connectivity index (χ4n) is 3.95. The van der Waals surface area contributed by atoms with E-state index in [0.717, 1.165) is 42.8 Å². The molecule has 0 bridgehead atoms. The molecule has 0 heterocycles. The molecule has 0 aliphatic heterocycles. The second kappa shape index (κ2) is 12.6. The first kappa shape index (κ1) is 27.5. The minimum absolute atomic E-state index is 0.0265. The van der Waals surface area contributed by atoms with Crippen LogP contribution in [-0.2, 0) is 14.8 Å². The van der Waals surface area contributed by atoms with Gasteiger partial charge < -0.3 is 4.74 Å². The average molecular weight is 499 g/mol. The van der Waals surface area contributed by atoms with Gasteiger partial charge in [0.25, 0.3) is 5.91 Å². The SMILES string of the molecule is CC(C)(C)OC(=O)Nc1ccc(C(=O)N(CCS)S(=O)(=O)C2CCCCCCCCC2)cc1. The molecule has 186 valence electrons. The Labute approximate surface area is 204 Å². The van der Waals surface area contributed by atoms with Crippen LogP contribution < -0.4 is 5.32 Å². The maximum absolute atomic E-state index is 13.5. The highest BCUT2D eigenvalue weighted by Gasteiger charge is 2.35. The molecule has 1 saturated carbocycles. The Morgan fingerprint density at radius 1 is 1.00 bits per heavy atom. The lowest BCUT2D eigenvalue weighted by molar-refractivity contribution is 0.0635. The molecule has 0 saturated heterocycles. The number of carbonyl (C=O) groups excluding carboxylic acids is 2. The second-order valence-electron chi connectivity index (χ2n) is 9.52. The van der Waals surface area contributed by atoms with Crippen molar-refractivity contribution in [2.45, 2.75) is 89.4 Å². The first-order valence-corrected chi connectivity index (χ1v) is 13.9. The average Bonchev–Trinajstić information content (AvgIpc) is 2.74. The molecular weight excluding hydrogens is 460 g/mol. The van der Waals surface area contributed by atoms with E-state index in [0.29, 0.717) is 18.5 Å². The zero-order chi connectivity index (χ0) is 24.5. The number of benzene rings is 1. The van der Waals surface area contributed by atoms with E-state index in [2.05, 4.69) is 17.9 Å². The van der Waals surface area contributed by atoms with Gasteiger partial charge >= 0.3 is 6.09 Å². The van der Waals surface area contributed by atoms with Crippen molar-refractivity contribution in [1.82, 2.24) is 4.31 Å². The molecule has 0 aromatic heterocycles. The Kier molecular flexibility index (Phi) is 10.5. The normalized spacial score (nSPS) is 16.6. The molecule has 0 unspecified atom stereocenters. The molecule has 1 aliphatic carbocycles. The van der Waals surface area contributed by atoms with Gasteiger partial charge in [-0.25, -0.2) is 17.5 Å². The zero-order valence-corrected chi connectivity index (χ0v) is 21.7. The van der Waals surface area contributed by atoms with Gasteiger partial charge in [0.2, 0.25) is 10.0 Å². The summed E-state index contributed by atoms with van der Waals surface area (Å²) in [5, 5.41) is 2.06. The van der Waals surface area contributed by atoms with Crippen LogP contribution in [0.1, 0.15) is 88.9 Å². The van der Waals surface area contributed by atoms with Gasteiger partial charge in [-0.3, -0.25) is 10.1 Å². The van der Waals surface area contributed by atoms with E-state index in [1.54, 1.807) is 32.9 Å². The number of rotatable bonds is 6. The third kappa shape index (κ3) is 8.85. The largest absolute Gasteiger partial charge is 0.444 e. The molecule has 7 nitrogen and oxygen atoms in total. The smallest absolute Gasteiger partial charge is 0.412 e. The monoisotopic (exact) mass is 498 g/mol. The lowest BCUT2D eigenvalue weighted by Gasteiger charge is -2.28. The van der Waals surface area contributed by atoms with Crippen LogP contribution in [0.25, 0.3) is 0 Å². The summed E-state index contributed by atoms with van der Waals surface area (Å²) in [5.41, 5.74) is 0.0725. The number of thiol groups is 1. The maximum atomic E-state index is 13.5. The summed E-state index contributed by atoms with van der Waals surface area (Å²) in [6.45, 7) is 5.33. The number of amides is 2. The quantitative estimate of drug-likeness (QED) is 0.496. The highest BCUT2D eigenvalue weighted by atomic mass is 32.2. The number of sulfonamides is 1. The molecule has 9 heteroatoms. The van der Waals surface area contributed by atoms with Gasteiger partial charge in [-0.2, -0.15) is 12.6 Å². The van der Waals surface area contributed by atoms with E-state index >= 15 is 0 Å². The van der Waals surface area contributed by atoms with Crippen LogP contribution in [-0.4, -0.2) is 47.9 Å².